The van der Waals surface area contributed by atoms with Crippen molar-refractivity contribution in [3.63, 3.8) is 0 Å². The highest BCUT2D eigenvalue weighted by Crippen LogP contribution is 2.14. The first kappa shape index (κ1) is 20.1. The minimum atomic E-state index is 0.219. The fourth-order valence-corrected chi connectivity index (χ4v) is 3.45. The van der Waals surface area contributed by atoms with Gasteiger partial charge in [0.15, 0.2) is 0 Å². The van der Waals surface area contributed by atoms with E-state index in [4.69, 9.17) is 4.74 Å². The van der Waals surface area contributed by atoms with E-state index < -0.39 is 0 Å². The molecule has 1 fully saturated rings. The van der Waals surface area contributed by atoms with Crippen molar-refractivity contribution in [1.82, 2.24) is 19.5 Å². The van der Waals surface area contributed by atoms with Crippen molar-refractivity contribution in [2.75, 3.05) is 32.8 Å². The molecule has 154 valence electrons. The normalized spacial score (nSPS) is 14.3. The second-order valence-corrected chi connectivity index (χ2v) is 7.21. The van der Waals surface area contributed by atoms with Crippen LogP contribution in [0.4, 0.5) is 0 Å². The number of carbonyl (C=O) groups is 1. The molecule has 7 heteroatoms. The lowest BCUT2D eigenvalue weighted by atomic mass is 10.1. The van der Waals surface area contributed by atoms with Crippen LogP contribution < -0.4 is 0 Å². The monoisotopic (exact) mass is 404 g/mol. The third-order valence-electron chi connectivity index (χ3n) is 5.11. The van der Waals surface area contributed by atoms with Crippen LogP contribution in [0.5, 0.6) is 0 Å². The molecule has 4 rings (SSSR count). The van der Waals surface area contributed by atoms with Crippen molar-refractivity contribution in [2.24, 2.45) is 0 Å². The summed E-state index contributed by atoms with van der Waals surface area (Å²) in [6.45, 7) is 5.22. The first-order valence-electron chi connectivity index (χ1n) is 9.99. The number of fused-ring (bicyclic) bond motifs is 1. The predicted molar refractivity (Wildman–Crippen MR) is 113 cm³/mol. The van der Waals surface area contributed by atoms with Crippen LogP contribution in [0.2, 0.25) is 0 Å². The minimum Gasteiger partial charge on any atom is -0.379 e. The number of benzene rings is 1. The molecule has 0 saturated carbocycles. The zero-order valence-corrected chi connectivity index (χ0v) is 16.7. The number of amides is 1. The van der Waals surface area contributed by atoms with E-state index in [1.165, 1.54) is 5.56 Å². The first-order valence-corrected chi connectivity index (χ1v) is 9.99. The zero-order chi connectivity index (χ0) is 20.8. The molecule has 0 aliphatic carbocycles. The lowest BCUT2D eigenvalue weighted by molar-refractivity contribution is -0.150. The highest BCUT2D eigenvalue weighted by atomic mass is 16.5. The second kappa shape index (κ2) is 9.55. The Hall–Kier alpha value is -3.18. The standard InChI is InChI=1S/C23H24N4O3/c28-18-27(29)12-11-26-10-9-22-23(26)8-7-21(24-22)6-5-19-1-3-20(4-2-19)17-25-13-15-30-16-14-25/h1-4,7-10,18,29H,11-17H2. The van der Waals surface area contributed by atoms with E-state index in [0.717, 1.165) is 49.4 Å². The SMILES string of the molecule is O=CN(O)CCn1ccc2nc(C#Cc3ccc(CN4CCOCC4)cc3)ccc21. The second-order valence-electron chi connectivity index (χ2n) is 7.21. The Kier molecular flexibility index (Phi) is 6.40. The summed E-state index contributed by atoms with van der Waals surface area (Å²) in [5.41, 5.74) is 4.70. The molecular formula is C23H24N4O3. The van der Waals surface area contributed by atoms with Crippen LogP contribution in [0.15, 0.2) is 48.7 Å². The van der Waals surface area contributed by atoms with Gasteiger partial charge in [-0.05, 0) is 41.8 Å². The fourth-order valence-electron chi connectivity index (χ4n) is 3.45. The van der Waals surface area contributed by atoms with Crippen molar-refractivity contribution >= 4 is 17.4 Å². The molecule has 30 heavy (non-hydrogen) atoms. The lowest BCUT2D eigenvalue weighted by Gasteiger charge is -2.26. The summed E-state index contributed by atoms with van der Waals surface area (Å²) in [6.07, 6.45) is 2.29. The van der Waals surface area contributed by atoms with Crippen molar-refractivity contribution in [1.29, 1.82) is 0 Å². The van der Waals surface area contributed by atoms with E-state index in [9.17, 15) is 10.0 Å². The Bertz CT molecular complexity index is 1060. The van der Waals surface area contributed by atoms with Gasteiger partial charge in [-0.25, -0.2) is 10.0 Å². The Morgan fingerprint density at radius 3 is 2.67 bits per heavy atom. The largest absolute Gasteiger partial charge is 0.379 e. The number of carbonyl (C=O) groups excluding carboxylic acids is 1. The molecule has 0 unspecified atom stereocenters. The summed E-state index contributed by atoms with van der Waals surface area (Å²) in [7, 11) is 0. The summed E-state index contributed by atoms with van der Waals surface area (Å²) in [5.74, 6) is 6.31. The van der Waals surface area contributed by atoms with Gasteiger partial charge < -0.3 is 9.30 Å². The number of hydrogen-bond acceptors (Lipinski definition) is 5. The molecule has 0 spiro atoms. The third-order valence-corrected chi connectivity index (χ3v) is 5.11. The maximum atomic E-state index is 10.5. The number of ether oxygens (including phenoxy) is 1. The van der Waals surface area contributed by atoms with Gasteiger partial charge in [0.2, 0.25) is 6.41 Å². The molecule has 3 heterocycles. The van der Waals surface area contributed by atoms with E-state index in [-0.39, 0.29) is 6.54 Å². The van der Waals surface area contributed by atoms with Gasteiger partial charge in [0.1, 0.15) is 5.69 Å². The van der Waals surface area contributed by atoms with Gasteiger partial charge in [0.25, 0.3) is 0 Å². The number of hydrogen-bond donors (Lipinski definition) is 1. The molecule has 1 saturated heterocycles. The number of aromatic nitrogens is 2. The Morgan fingerprint density at radius 1 is 1.10 bits per heavy atom. The summed E-state index contributed by atoms with van der Waals surface area (Å²) in [4.78, 5) is 17.5. The number of pyridine rings is 1. The van der Waals surface area contributed by atoms with Crippen LogP contribution in [0.25, 0.3) is 11.0 Å². The molecule has 0 bridgehead atoms. The van der Waals surface area contributed by atoms with Crippen molar-refractivity contribution in [3.8, 4) is 11.8 Å². The van der Waals surface area contributed by atoms with Crippen molar-refractivity contribution in [3.05, 3.63) is 65.5 Å². The Balaban J connectivity index is 1.41. The van der Waals surface area contributed by atoms with Gasteiger partial charge >= 0.3 is 0 Å². The summed E-state index contributed by atoms with van der Waals surface area (Å²) in [5, 5.41) is 9.89. The average Bonchev–Trinajstić information content (AvgIpc) is 3.20. The molecule has 1 aliphatic rings. The predicted octanol–water partition coefficient (Wildman–Crippen LogP) is 2.12. The molecule has 0 atom stereocenters. The quantitative estimate of drug-likeness (QED) is 0.295. The van der Waals surface area contributed by atoms with Gasteiger partial charge in [0.05, 0.1) is 30.8 Å². The topological polar surface area (TPSA) is 70.8 Å². The van der Waals surface area contributed by atoms with Crippen molar-refractivity contribution < 1.29 is 14.7 Å². The van der Waals surface area contributed by atoms with Gasteiger partial charge in [-0.15, -0.1) is 0 Å². The highest BCUT2D eigenvalue weighted by molar-refractivity contribution is 5.76. The first-order chi connectivity index (χ1) is 14.7. The van der Waals surface area contributed by atoms with Crippen LogP contribution in [-0.2, 0) is 22.6 Å². The molecule has 0 radical (unpaired) electrons. The molecule has 1 amide bonds. The molecule has 1 aromatic carbocycles. The van der Waals surface area contributed by atoms with Crippen LogP contribution in [0.3, 0.4) is 0 Å². The molecule has 7 nitrogen and oxygen atoms in total. The van der Waals surface area contributed by atoms with E-state index >= 15 is 0 Å². The highest BCUT2D eigenvalue weighted by Gasteiger charge is 2.10. The lowest BCUT2D eigenvalue weighted by Crippen LogP contribution is -2.35. The Labute approximate surface area is 175 Å². The van der Waals surface area contributed by atoms with E-state index in [0.29, 0.717) is 23.7 Å². The fraction of sp³-hybridized carbons (Fsp3) is 0.304. The van der Waals surface area contributed by atoms with E-state index in [2.05, 4.69) is 33.9 Å². The van der Waals surface area contributed by atoms with Crippen molar-refractivity contribution in [2.45, 2.75) is 13.1 Å². The number of hydroxylamine groups is 2. The number of morpholine rings is 1. The van der Waals surface area contributed by atoms with Gasteiger partial charge in [-0.1, -0.05) is 18.1 Å². The maximum Gasteiger partial charge on any atom is 0.233 e. The number of nitrogens with zero attached hydrogens (tertiary/aromatic N) is 4. The van der Waals surface area contributed by atoms with E-state index in [1.807, 2.05) is 41.1 Å². The van der Waals surface area contributed by atoms with Crippen LogP contribution in [-0.4, -0.2) is 64.0 Å². The van der Waals surface area contributed by atoms with Gasteiger partial charge in [-0.3, -0.25) is 14.9 Å². The van der Waals surface area contributed by atoms with Gasteiger partial charge in [0, 0.05) is 37.9 Å². The molecule has 1 N–H and O–H groups in total. The summed E-state index contributed by atoms with van der Waals surface area (Å²) < 4.78 is 7.34. The molecule has 1 aliphatic heterocycles. The Morgan fingerprint density at radius 2 is 1.90 bits per heavy atom. The van der Waals surface area contributed by atoms with Crippen LogP contribution in [0, 0.1) is 11.8 Å². The third kappa shape index (κ3) is 5.05. The van der Waals surface area contributed by atoms with Crippen LogP contribution in [0.1, 0.15) is 16.8 Å². The summed E-state index contributed by atoms with van der Waals surface area (Å²) >= 11 is 0. The van der Waals surface area contributed by atoms with Gasteiger partial charge in [-0.2, -0.15) is 0 Å². The summed E-state index contributed by atoms with van der Waals surface area (Å²) in [6, 6.07) is 14.1. The molecular weight excluding hydrogens is 380 g/mol. The van der Waals surface area contributed by atoms with Crippen LogP contribution >= 0.6 is 0 Å². The molecule has 2 aromatic heterocycles. The minimum absolute atomic E-state index is 0.219. The smallest absolute Gasteiger partial charge is 0.233 e. The zero-order valence-electron chi connectivity index (χ0n) is 16.7. The average molecular weight is 404 g/mol. The molecule has 3 aromatic rings. The number of rotatable bonds is 6. The van der Waals surface area contributed by atoms with E-state index in [1.54, 1.807) is 0 Å². The maximum absolute atomic E-state index is 10.5.